The number of carbonyl (C=O) groups excluding carboxylic acids is 2. The van der Waals surface area contributed by atoms with Gasteiger partial charge >= 0.3 is 0 Å². The Morgan fingerprint density at radius 3 is 2.00 bits per heavy atom. The van der Waals surface area contributed by atoms with Crippen molar-refractivity contribution in [1.82, 2.24) is 0 Å². The number of ketones is 1. The van der Waals surface area contributed by atoms with E-state index >= 15 is 0 Å². The molecule has 0 saturated carbocycles. The molecule has 0 bridgehead atoms. The maximum absolute atomic E-state index is 12.4. The van der Waals surface area contributed by atoms with Crippen LogP contribution in [0.4, 0.5) is 5.69 Å². The first-order valence-electron chi connectivity index (χ1n) is 7.71. The Balaban J connectivity index is 1.74. The molecule has 0 spiro atoms. The second-order valence-corrected chi connectivity index (χ2v) is 5.60. The van der Waals surface area contributed by atoms with Crippen LogP contribution in [0.2, 0.25) is 0 Å². The molecule has 3 heteroatoms. The van der Waals surface area contributed by atoms with Gasteiger partial charge < -0.3 is 5.32 Å². The molecule has 3 aromatic rings. The zero-order valence-corrected chi connectivity index (χ0v) is 13.3. The molecule has 0 aliphatic carbocycles. The summed E-state index contributed by atoms with van der Waals surface area (Å²) in [7, 11) is 0. The lowest BCUT2D eigenvalue weighted by molar-refractivity contribution is 0.102. The van der Waals surface area contributed by atoms with Crippen LogP contribution in [0, 0.1) is 6.92 Å². The maximum atomic E-state index is 12.4. The molecule has 1 N–H and O–H groups in total. The molecule has 0 saturated heterocycles. The zero-order valence-electron chi connectivity index (χ0n) is 13.3. The van der Waals surface area contributed by atoms with E-state index in [1.165, 1.54) is 0 Å². The van der Waals surface area contributed by atoms with Crippen LogP contribution in [0.15, 0.2) is 78.9 Å². The zero-order chi connectivity index (χ0) is 16.9. The molecule has 118 valence electrons. The summed E-state index contributed by atoms with van der Waals surface area (Å²) in [6, 6.07) is 23.4. The van der Waals surface area contributed by atoms with E-state index in [2.05, 4.69) is 5.32 Å². The number of benzene rings is 3. The van der Waals surface area contributed by atoms with Gasteiger partial charge in [0, 0.05) is 22.4 Å². The molecule has 0 atom stereocenters. The average Bonchev–Trinajstić information content (AvgIpc) is 2.62. The van der Waals surface area contributed by atoms with Crippen LogP contribution in [0.1, 0.15) is 31.8 Å². The lowest BCUT2D eigenvalue weighted by Gasteiger charge is -2.07. The number of aryl methyl sites for hydroxylation is 1. The second-order valence-electron chi connectivity index (χ2n) is 5.60. The lowest BCUT2D eigenvalue weighted by atomic mass is 10.0. The van der Waals surface area contributed by atoms with Crippen molar-refractivity contribution in [3.05, 3.63) is 101 Å². The van der Waals surface area contributed by atoms with Crippen molar-refractivity contribution in [1.29, 1.82) is 0 Å². The second kappa shape index (κ2) is 6.92. The van der Waals surface area contributed by atoms with Crippen molar-refractivity contribution in [2.45, 2.75) is 6.92 Å². The first kappa shape index (κ1) is 15.7. The highest BCUT2D eigenvalue weighted by molar-refractivity contribution is 6.10. The van der Waals surface area contributed by atoms with Gasteiger partial charge in [0.1, 0.15) is 0 Å². The van der Waals surface area contributed by atoms with Crippen LogP contribution in [-0.4, -0.2) is 11.7 Å². The third kappa shape index (κ3) is 3.58. The minimum atomic E-state index is -0.195. The molecule has 1 amide bonds. The summed E-state index contributed by atoms with van der Waals surface area (Å²) in [4.78, 5) is 24.6. The third-order valence-electron chi connectivity index (χ3n) is 3.72. The molecule has 0 radical (unpaired) electrons. The lowest BCUT2D eigenvalue weighted by Crippen LogP contribution is -2.12. The Bertz CT molecular complexity index is 868. The number of hydrogen-bond acceptors (Lipinski definition) is 2. The molecule has 24 heavy (non-hydrogen) atoms. The summed E-state index contributed by atoms with van der Waals surface area (Å²) in [6.07, 6.45) is 0. The molecule has 0 unspecified atom stereocenters. The highest BCUT2D eigenvalue weighted by atomic mass is 16.1. The highest BCUT2D eigenvalue weighted by Crippen LogP contribution is 2.14. The van der Waals surface area contributed by atoms with E-state index in [9.17, 15) is 9.59 Å². The Kier molecular flexibility index (Phi) is 4.52. The highest BCUT2D eigenvalue weighted by Gasteiger charge is 2.11. The van der Waals surface area contributed by atoms with Crippen LogP contribution in [-0.2, 0) is 0 Å². The number of amides is 1. The van der Waals surface area contributed by atoms with Crippen LogP contribution < -0.4 is 5.32 Å². The molecule has 0 aromatic heterocycles. The molecular formula is C21H17NO2. The predicted molar refractivity (Wildman–Crippen MR) is 95.4 cm³/mol. The van der Waals surface area contributed by atoms with Crippen molar-refractivity contribution >= 4 is 17.4 Å². The van der Waals surface area contributed by atoms with Gasteiger partial charge in [-0.15, -0.1) is 0 Å². The largest absolute Gasteiger partial charge is 0.322 e. The smallest absolute Gasteiger partial charge is 0.255 e. The minimum absolute atomic E-state index is 0.0544. The van der Waals surface area contributed by atoms with Crippen LogP contribution in [0.3, 0.4) is 0 Å². The number of rotatable bonds is 4. The maximum Gasteiger partial charge on any atom is 0.255 e. The summed E-state index contributed by atoms with van der Waals surface area (Å²) in [5, 5.41) is 2.86. The summed E-state index contributed by atoms with van der Waals surface area (Å²) < 4.78 is 0. The van der Waals surface area contributed by atoms with Crippen molar-refractivity contribution in [3.63, 3.8) is 0 Å². The van der Waals surface area contributed by atoms with E-state index in [1.54, 1.807) is 36.4 Å². The summed E-state index contributed by atoms with van der Waals surface area (Å²) >= 11 is 0. The van der Waals surface area contributed by atoms with Crippen molar-refractivity contribution in [2.24, 2.45) is 0 Å². The molecule has 0 aliphatic heterocycles. The first-order valence-corrected chi connectivity index (χ1v) is 7.71. The summed E-state index contributed by atoms with van der Waals surface area (Å²) in [5.74, 6) is -0.249. The summed E-state index contributed by atoms with van der Waals surface area (Å²) in [5.41, 5.74) is 3.55. The van der Waals surface area contributed by atoms with E-state index in [-0.39, 0.29) is 11.7 Å². The van der Waals surface area contributed by atoms with Gasteiger partial charge in [-0.1, -0.05) is 54.6 Å². The molecule has 3 nitrogen and oxygen atoms in total. The molecular weight excluding hydrogens is 298 g/mol. The SMILES string of the molecule is Cc1cccc(NC(=O)c2ccc(C(=O)c3ccccc3)cc2)c1. The molecule has 0 heterocycles. The Morgan fingerprint density at radius 2 is 1.33 bits per heavy atom. The molecule has 0 aliphatic rings. The Morgan fingerprint density at radius 1 is 0.708 bits per heavy atom. The Hall–Kier alpha value is -3.20. The van der Waals surface area contributed by atoms with Gasteiger partial charge in [-0.2, -0.15) is 0 Å². The van der Waals surface area contributed by atoms with Crippen LogP contribution in [0.5, 0.6) is 0 Å². The van der Waals surface area contributed by atoms with Gasteiger partial charge in [-0.05, 0) is 36.8 Å². The van der Waals surface area contributed by atoms with E-state index in [0.717, 1.165) is 11.3 Å². The van der Waals surface area contributed by atoms with E-state index in [1.807, 2.05) is 49.4 Å². The van der Waals surface area contributed by atoms with E-state index in [0.29, 0.717) is 16.7 Å². The predicted octanol–water partition coefficient (Wildman–Crippen LogP) is 4.48. The molecule has 3 aromatic carbocycles. The van der Waals surface area contributed by atoms with Gasteiger partial charge in [0.05, 0.1) is 0 Å². The van der Waals surface area contributed by atoms with Crippen molar-refractivity contribution < 1.29 is 9.59 Å². The monoisotopic (exact) mass is 315 g/mol. The fraction of sp³-hybridized carbons (Fsp3) is 0.0476. The van der Waals surface area contributed by atoms with Crippen molar-refractivity contribution in [2.75, 3.05) is 5.32 Å². The number of nitrogens with one attached hydrogen (secondary N) is 1. The standard InChI is InChI=1S/C21H17NO2/c1-15-6-5-9-19(14-15)22-21(24)18-12-10-17(11-13-18)20(23)16-7-3-2-4-8-16/h2-14H,1H3,(H,22,24). The van der Waals surface area contributed by atoms with Gasteiger partial charge in [-0.25, -0.2) is 0 Å². The summed E-state index contributed by atoms with van der Waals surface area (Å²) in [6.45, 7) is 1.97. The number of hydrogen-bond donors (Lipinski definition) is 1. The first-order chi connectivity index (χ1) is 11.6. The van der Waals surface area contributed by atoms with E-state index in [4.69, 9.17) is 0 Å². The minimum Gasteiger partial charge on any atom is -0.322 e. The van der Waals surface area contributed by atoms with Crippen LogP contribution in [0.25, 0.3) is 0 Å². The van der Waals surface area contributed by atoms with Gasteiger partial charge in [0.2, 0.25) is 0 Å². The topological polar surface area (TPSA) is 46.2 Å². The van der Waals surface area contributed by atoms with E-state index < -0.39 is 0 Å². The fourth-order valence-corrected chi connectivity index (χ4v) is 2.46. The molecule has 3 rings (SSSR count). The average molecular weight is 315 g/mol. The number of anilines is 1. The Labute approximate surface area is 141 Å². The quantitative estimate of drug-likeness (QED) is 0.722. The third-order valence-corrected chi connectivity index (χ3v) is 3.72. The van der Waals surface area contributed by atoms with Gasteiger partial charge in [0.15, 0.2) is 5.78 Å². The van der Waals surface area contributed by atoms with Crippen LogP contribution >= 0.6 is 0 Å². The van der Waals surface area contributed by atoms with Gasteiger partial charge in [-0.3, -0.25) is 9.59 Å². The normalized spacial score (nSPS) is 10.2. The molecule has 0 fully saturated rings. The van der Waals surface area contributed by atoms with Gasteiger partial charge in [0.25, 0.3) is 5.91 Å². The van der Waals surface area contributed by atoms with Crippen molar-refractivity contribution in [3.8, 4) is 0 Å². The fourth-order valence-electron chi connectivity index (χ4n) is 2.46. The number of carbonyl (C=O) groups is 2.